The van der Waals surface area contributed by atoms with Gasteiger partial charge in [-0.25, -0.2) is 0 Å². The molecule has 3 heterocycles. The zero-order valence-electron chi connectivity index (χ0n) is 18.0. The van der Waals surface area contributed by atoms with Crippen molar-refractivity contribution >= 4 is 46.0 Å². The number of fused-ring (bicyclic) bond motifs is 3. The van der Waals surface area contributed by atoms with Gasteiger partial charge in [0.15, 0.2) is 10.7 Å². The van der Waals surface area contributed by atoms with Gasteiger partial charge in [0.05, 0.1) is 23.0 Å². The number of esters is 1. The van der Waals surface area contributed by atoms with Crippen LogP contribution >= 0.6 is 12.2 Å². The number of hydrogen-bond donors (Lipinski definition) is 0. The second kappa shape index (κ2) is 9.02. The number of hydrogen-bond acceptors (Lipinski definition) is 8. The average molecular weight is 471 g/mol. The average Bonchev–Trinajstić information content (AvgIpc) is 3.40. The van der Waals surface area contributed by atoms with Gasteiger partial charge in [0.2, 0.25) is 0 Å². The van der Waals surface area contributed by atoms with E-state index in [1.807, 2.05) is 6.92 Å². The third kappa shape index (κ3) is 4.19. The van der Waals surface area contributed by atoms with E-state index in [0.717, 1.165) is 0 Å². The zero-order chi connectivity index (χ0) is 23.7. The first-order valence-electron chi connectivity index (χ1n) is 10.4. The van der Waals surface area contributed by atoms with Crippen molar-refractivity contribution in [3.8, 4) is 11.7 Å². The van der Waals surface area contributed by atoms with Gasteiger partial charge in [0, 0.05) is 30.8 Å². The van der Waals surface area contributed by atoms with Crippen LogP contribution in [0.25, 0.3) is 11.1 Å². The van der Waals surface area contributed by atoms with Crippen LogP contribution in [0.5, 0.6) is 11.7 Å². The fourth-order valence-corrected chi connectivity index (χ4v) is 4.08. The molecule has 0 N–H and O–H groups in total. The number of furan rings is 1. The van der Waals surface area contributed by atoms with E-state index in [4.69, 9.17) is 26.1 Å². The second-order valence-corrected chi connectivity index (χ2v) is 7.78. The van der Waals surface area contributed by atoms with Crippen molar-refractivity contribution in [2.24, 2.45) is 5.92 Å². The fraction of sp³-hybridized carbons (Fsp3) is 0.318. The van der Waals surface area contributed by atoms with Gasteiger partial charge in [-0.15, -0.1) is 0 Å². The first kappa shape index (κ1) is 22.5. The number of nitro groups is 1. The third-order valence-electron chi connectivity index (χ3n) is 5.43. The molecule has 3 aromatic rings. The Morgan fingerprint density at radius 2 is 1.97 bits per heavy atom. The number of aromatic nitrogens is 1. The maximum Gasteiger partial charge on any atom is 0.308 e. The summed E-state index contributed by atoms with van der Waals surface area (Å²) in [7, 11) is 0. The maximum absolute atomic E-state index is 12.9. The Bertz CT molecular complexity index is 1240. The van der Waals surface area contributed by atoms with Crippen LogP contribution in [-0.4, -0.2) is 44.5 Å². The molecule has 0 bridgehead atoms. The summed E-state index contributed by atoms with van der Waals surface area (Å²) >= 11 is 5.54. The Hall–Kier alpha value is -3.73. The highest BCUT2D eigenvalue weighted by Crippen LogP contribution is 2.35. The molecule has 0 saturated carbocycles. The molecule has 0 saturated heterocycles. The molecule has 1 unspecified atom stereocenters. The van der Waals surface area contributed by atoms with Crippen LogP contribution in [0.4, 0.5) is 5.69 Å². The van der Waals surface area contributed by atoms with E-state index >= 15 is 0 Å². The molecule has 11 heteroatoms. The van der Waals surface area contributed by atoms with Gasteiger partial charge in [0.25, 0.3) is 17.5 Å². The lowest BCUT2D eigenvalue weighted by molar-refractivity contribution is -0.384. The number of ether oxygens (including phenoxy) is 2. The van der Waals surface area contributed by atoms with Gasteiger partial charge in [-0.3, -0.25) is 29.2 Å². The topological polar surface area (TPSA) is 117 Å². The number of nitrogens with zero attached hydrogens (tertiary/aromatic N) is 3. The monoisotopic (exact) mass is 471 g/mol. The SMILES string of the molecule is CCOC(=O)C(CC)CCN1C(=O)c2cc3oc(Oc4ccc([N+](=O)[O-])cc4)cc3n2C1=S. The molecule has 1 aromatic carbocycles. The number of thiocarbonyl (C=S) groups is 1. The minimum atomic E-state index is -0.496. The number of rotatable bonds is 9. The van der Waals surface area contributed by atoms with Crippen LogP contribution in [-0.2, 0) is 9.53 Å². The first-order valence-corrected chi connectivity index (χ1v) is 10.8. The normalized spacial score (nSPS) is 13.9. The summed E-state index contributed by atoms with van der Waals surface area (Å²) in [6, 6.07) is 8.79. The Labute approximate surface area is 193 Å². The lowest BCUT2D eigenvalue weighted by Crippen LogP contribution is -2.34. The minimum Gasteiger partial charge on any atom is -0.466 e. The van der Waals surface area contributed by atoms with Crippen molar-refractivity contribution in [1.82, 2.24) is 9.47 Å². The van der Waals surface area contributed by atoms with Crippen LogP contribution in [0.1, 0.15) is 37.2 Å². The molecule has 0 spiro atoms. The van der Waals surface area contributed by atoms with Crippen LogP contribution in [0.3, 0.4) is 0 Å². The third-order valence-corrected chi connectivity index (χ3v) is 5.84. The number of carbonyl (C=O) groups is 2. The molecule has 2 aromatic heterocycles. The molecule has 0 fully saturated rings. The van der Waals surface area contributed by atoms with Crippen molar-refractivity contribution < 1.29 is 28.4 Å². The van der Waals surface area contributed by atoms with Crippen molar-refractivity contribution in [3.63, 3.8) is 0 Å². The molecular formula is C22H21N3O7S. The fourth-order valence-electron chi connectivity index (χ4n) is 3.71. The summed E-state index contributed by atoms with van der Waals surface area (Å²) < 4.78 is 18.1. The van der Waals surface area contributed by atoms with Gasteiger partial charge in [0.1, 0.15) is 11.4 Å². The molecule has 1 amide bonds. The first-order chi connectivity index (χ1) is 15.8. The van der Waals surface area contributed by atoms with Gasteiger partial charge in [-0.2, -0.15) is 0 Å². The molecule has 33 heavy (non-hydrogen) atoms. The number of amides is 1. The highest BCUT2D eigenvalue weighted by Gasteiger charge is 2.36. The maximum atomic E-state index is 12.9. The zero-order valence-corrected chi connectivity index (χ0v) is 18.8. The highest BCUT2D eigenvalue weighted by atomic mass is 32.1. The predicted molar refractivity (Wildman–Crippen MR) is 121 cm³/mol. The van der Waals surface area contributed by atoms with Crippen molar-refractivity contribution in [3.05, 3.63) is 52.2 Å². The van der Waals surface area contributed by atoms with Crippen molar-refractivity contribution in [1.29, 1.82) is 0 Å². The summed E-state index contributed by atoms with van der Waals surface area (Å²) in [5, 5.41) is 11.1. The molecule has 1 aliphatic heterocycles. The van der Waals surface area contributed by atoms with E-state index in [1.165, 1.54) is 29.2 Å². The van der Waals surface area contributed by atoms with Gasteiger partial charge in [-0.05, 0) is 44.1 Å². The molecule has 1 atom stereocenters. The van der Waals surface area contributed by atoms with Crippen LogP contribution in [0.15, 0.2) is 40.8 Å². The number of carbonyl (C=O) groups excluding carboxylic acids is 2. The lowest BCUT2D eigenvalue weighted by Gasteiger charge is -2.19. The number of nitro benzene ring substituents is 1. The van der Waals surface area contributed by atoms with E-state index in [1.54, 1.807) is 23.6 Å². The molecule has 0 radical (unpaired) electrons. The van der Waals surface area contributed by atoms with E-state index < -0.39 is 4.92 Å². The van der Waals surface area contributed by atoms with Gasteiger partial charge < -0.3 is 13.9 Å². The molecule has 1 aliphatic rings. The minimum absolute atomic E-state index is 0.0499. The molecule has 172 valence electrons. The van der Waals surface area contributed by atoms with Gasteiger partial charge in [-0.1, -0.05) is 6.92 Å². The quantitative estimate of drug-likeness (QED) is 0.194. The van der Waals surface area contributed by atoms with E-state index in [0.29, 0.717) is 53.6 Å². The van der Waals surface area contributed by atoms with Crippen LogP contribution < -0.4 is 4.74 Å². The molecule has 4 rings (SSSR count). The van der Waals surface area contributed by atoms with E-state index in [-0.39, 0.29) is 29.4 Å². The number of non-ortho nitro benzene ring substituents is 1. The Morgan fingerprint density at radius 3 is 2.61 bits per heavy atom. The van der Waals surface area contributed by atoms with Crippen LogP contribution in [0.2, 0.25) is 0 Å². The summed E-state index contributed by atoms with van der Waals surface area (Å²) in [5.74, 6) is -0.323. The summed E-state index contributed by atoms with van der Waals surface area (Å²) in [6.45, 7) is 4.26. The highest BCUT2D eigenvalue weighted by molar-refractivity contribution is 7.80. The smallest absolute Gasteiger partial charge is 0.308 e. The molecule has 0 aliphatic carbocycles. The summed E-state index contributed by atoms with van der Waals surface area (Å²) in [6.07, 6.45) is 1.05. The number of benzene rings is 1. The van der Waals surface area contributed by atoms with Crippen molar-refractivity contribution in [2.75, 3.05) is 13.2 Å². The largest absolute Gasteiger partial charge is 0.466 e. The van der Waals surface area contributed by atoms with Crippen LogP contribution in [0, 0.1) is 16.0 Å². The van der Waals surface area contributed by atoms with Gasteiger partial charge >= 0.3 is 5.97 Å². The second-order valence-electron chi connectivity index (χ2n) is 7.42. The standard InChI is InChI=1S/C22H21N3O7S/c1-3-13(21(27)30-4-2)9-10-23-20(26)17-11-18-16(24(17)22(23)33)12-19(32-18)31-15-7-5-14(6-8-15)25(28)29/h5-8,11-13H,3-4,9-10H2,1-2H3. The predicted octanol–water partition coefficient (Wildman–Crippen LogP) is 4.50. The summed E-state index contributed by atoms with van der Waals surface area (Å²) in [5.41, 5.74) is 1.32. The van der Waals surface area contributed by atoms with Crippen molar-refractivity contribution in [2.45, 2.75) is 26.7 Å². The Balaban J connectivity index is 1.50. The summed E-state index contributed by atoms with van der Waals surface area (Å²) in [4.78, 5) is 36.7. The Morgan fingerprint density at radius 1 is 1.24 bits per heavy atom. The lowest BCUT2D eigenvalue weighted by atomic mass is 10.0. The van der Waals surface area contributed by atoms with E-state index in [9.17, 15) is 19.7 Å². The van der Waals surface area contributed by atoms with E-state index in [2.05, 4.69) is 0 Å². The Kier molecular flexibility index (Phi) is 6.14. The molecule has 10 nitrogen and oxygen atoms in total. The molecular weight excluding hydrogens is 450 g/mol.